The minimum absolute atomic E-state index is 0.697. The number of thioether (sulfide) groups is 1. The Morgan fingerprint density at radius 2 is 2.33 bits per heavy atom. The fourth-order valence-corrected chi connectivity index (χ4v) is 2.90. The van der Waals surface area contributed by atoms with Gasteiger partial charge in [-0.25, -0.2) is 0 Å². The number of thiophene rings is 1. The summed E-state index contributed by atoms with van der Waals surface area (Å²) in [6.07, 6.45) is 5.96. The molecule has 0 fully saturated rings. The topological polar surface area (TPSA) is 12.0 Å². The van der Waals surface area contributed by atoms with E-state index in [1.165, 1.54) is 30.6 Å². The molecule has 3 heteroatoms. The first-order valence-corrected chi connectivity index (χ1v) is 7.94. The maximum Gasteiger partial charge on any atom is 0.00779 e. The molecule has 0 aliphatic carbocycles. The van der Waals surface area contributed by atoms with Crippen LogP contribution in [0.15, 0.2) is 16.8 Å². The van der Waals surface area contributed by atoms with E-state index in [4.69, 9.17) is 0 Å². The molecule has 86 valence electrons. The zero-order valence-electron chi connectivity index (χ0n) is 9.66. The highest BCUT2D eigenvalue weighted by molar-refractivity contribution is 7.98. The summed E-state index contributed by atoms with van der Waals surface area (Å²) < 4.78 is 0. The molecule has 0 aliphatic heterocycles. The highest BCUT2D eigenvalue weighted by atomic mass is 32.2. The molecule has 1 aromatic heterocycles. The molecule has 0 aromatic carbocycles. The van der Waals surface area contributed by atoms with Gasteiger partial charge in [-0.15, -0.1) is 0 Å². The summed E-state index contributed by atoms with van der Waals surface area (Å²) in [6.45, 7) is 3.28. The maximum absolute atomic E-state index is 3.57. The normalized spacial score (nSPS) is 12.9. The van der Waals surface area contributed by atoms with E-state index in [1.807, 2.05) is 11.8 Å². The first-order chi connectivity index (χ1) is 7.36. The molecule has 15 heavy (non-hydrogen) atoms. The number of aryl methyl sites for hydroxylation is 1. The third-order valence-electron chi connectivity index (χ3n) is 2.52. The van der Waals surface area contributed by atoms with Crippen LogP contribution in [0.25, 0.3) is 0 Å². The minimum atomic E-state index is 0.697. The van der Waals surface area contributed by atoms with Crippen molar-refractivity contribution in [2.24, 2.45) is 0 Å². The summed E-state index contributed by atoms with van der Waals surface area (Å²) in [5.74, 6) is 1.27. The second-order valence-corrected chi connectivity index (χ2v) is 5.47. The van der Waals surface area contributed by atoms with Gasteiger partial charge in [-0.1, -0.05) is 6.92 Å². The molecule has 1 nitrogen and oxygen atoms in total. The van der Waals surface area contributed by atoms with Crippen molar-refractivity contribution < 1.29 is 0 Å². The van der Waals surface area contributed by atoms with E-state index in [0.29, 0.717) is 6.04 Å². The van der Waals surface area contributed by atoms with Crippen molar-refractivity contribution in [2.45, 2.75) is 32.2 Å². The van der Waals surface area contributed by atoms with Crippen molar-refractivity contribution in [3.05, 3.63) is 22.4 Å². The lowest BCUT2D eigenvalue weighted by atomic mass is 10.1. The van der Waals surface area contributed by atoms with Crippen LogP contribution < -0.4 is 5.32 Å². The SMILES string of the molecule is CCNC(CCSC)CCc1ccsc1. The predicted octanol–water partition coefficient (Wildman–Crippen LogP) is 3.41. The van der Waals surface area contributed by atoms with E-state index in [1.54, 1.807) is 11.3 Å². The van der Waals surface area contributed by atoms with E-state index < -0.39 is 0 Å². The summed E-state index contributed by atoms with van der Waals surface area (Å²) in [5, 5.41) is 8.00. The number of hydrogen-bond acceptors (Lipinski definition) is 3. The lowest BCUT2D eigenvalue weighted by molar-refractivity contribution is 0.484. The quantitative estimate of drug-likeness (QED) is 0.751. The second kappa shape index (κ2) is 8.20. The molecular formula is C12H21NS2. The van der Waals surface area contributed by atoms with Gasteiger partial charge in [-0.2, -0.15) is 23.1 Å². The smallest absolute Gasteiger partial charge is 0.00779 e. The van der Waals surface area contributed by atoms with E-state index in [2.05, 4.69) is 35.3 Å². The summed E-state index contributed by atoms with van der Waals surface area (Å²) >= 11 is 3.74. The first-order valence-electron chi connectivity index (χ1n) is 5.60. The minimum Gasteiger partial charge on any atom is -0.314 e. The molecule has 1 atom stereocenters. The molecule has 1 rings (SSSR count). The molecule has 0 bridgehead atoms. The van der Waals surface area contributed by atoms with Crippen molar-refractivity contribution in [3.8, 4) is 0 Å². The monoisotopic (exact) mass is 243 g/mol. The van der Waals surface area contributed by atoms with Gasteiger partial charge in [0.25, 0.3) is 0 Å². The van der Waals surface area contributed by atoms with Crippen LogP contribution in [0.1, 0.15) is 25.3 Å². The van der Waals surface area contributed by atoms with Crippen LogP contribution in [0.3, 0.4) is 0 Å². The Balaban J connectivity index is 2.24. The molecule has 1 unspecified atom stereocenters. The Bertz CT molecular complexity index is 234. The van der Waals surface area contributed by atoms with Crippen LogP contribution in [0.2, 0.25) is 0 Å². The summed E-state index contributed by atoms with van der Waals surface area (Å²) in [5.41, 5.74) is 1.49. The standard InChI is InChI=1S/C12H21NS2/c1-3-13-12(7-8-14-2)5-4-11-6-9-15-10-11/h6,9-10,12-13H,3-5,7-8H2,1-2H3. The van der Waals surface area contributed by atoms with Crippen LogP contribution in [0.4, 0.5) is 0 Å². The van der Waals surface area contributed by atoms with Crippen molar-refractivity contribution in [1.29, 1.82) is 0 Å². The molecule has 0 saturated heterocycles. The molecule has 0 spiro atoms. The molecule has 1 aromatic rings. The van der Waals surface area contributed by atoms with E-state index in [9.17, 15) is 0 Å². The van der Waals surface area contributed by atoms with Crippen molar-refractivity contribution >= 4 is 23.1 Å². The molecule has 0 amide bonds. The largest absolute Gasteiger partial charge is 0.314 e. The van der Waals surface area contributed by atoms with Crippen LogP contribution in [0, 0.1) is 0 Å². The lowest BCUT2D eigenvalue weighted by Crippen LogP contribution is -2.29. The average Bonchev–Trinajstić information content (AvgIpc) is 2.75. The third kappa shape index (κ3) is 5.59. The van der Waals surface area contributed by atoms with Crippen LogP contribution >= 0.6 is 23.1 Å². The summed E-state index contributed by atoms with van der Waals surface area (Å²) in [6, 6.07) is 2.93. The molecular weight excluding hydrogens is 222 g/mol. The van der Waals surface area contributed by atoms with Crippen molar-refractivity contribution in [3.63, 3.8) is 0 Å². The van der Waals surface area contributed by atoms with Gasteiger partial charge in [0, 0.05) is 6.04 Å². The molecule has 1 heterocycles. The predicted molar refractivity (Wildman–Crippen MR) is 73.1 cm³/mol. The number of rotatable bonds is 8. The number of nitrogens with one attached hydrogen (secondary N) is 1. The van der Waals surface area contributed by atoms with Gasteiger partial charge in [0.2, 0.25) is 0 Å². The summed E-state index contributed by atoms with van der Waals surface area (Å²) in [7, 11) is 0. The van der Waals surface area contributed by atoms with Gasteiger partial charge in [-0.05, 0) is 60.2 Å². The Labute approximate surface area is 102 Å². The van der Waals surface area contributed by atoms with Crippen LogP contribution in [-0.4, -0.2) is 24.6 Å². The zero-order valence-corrected chi connectivity index (χ0v) is 11.3. The zero-order chi connectivity index (χ0) is 10.9. The molecule has 1 N–H and O–H groups in total. The van der Waals surface area contributed by atoms with Crippen molar-refractivity contribution in [2.75, 3.05) is 18.6 Å². The Hall–Kier alpha value is 0.01000. The highest BCUT2D eigenvalue weighted by Gasteiger charge is 2.06. The maximum atomic E-state index is 3.57. The highest BCUT2D eigenvalue weighted by Crippen LogP contribution is 2.12. The lowest BCUT2D eigenvalue weighted by Gasteiger charge is -2.16. The number of hydrogen-bond donors (Lipinski definition) is 1. The fraction of sp³-hybridized carbons (Fsp3) is 0.667. The Morgan fingerprint density at radius 3 is 2.93 bits per heavy atom. The Kier molecular flexibility index (Phi) is 7.14. The summed E-state index contributed by atoms with van der Waals surface area (Å²) in [4.78, 5) is 0. The van der Waals surface area contributed by atoms with Gasteiger partial charge < -0.3 is 5.32 Å². The van der Waals surface area contributed by atoms with Gasteiger partial charge in [-0.3, -0.25) is 0 Å². The Morgan fingerprint density at radius 1 is 1.47 bits per heavy atom. The van der Waals surface area contributed by atoms with E-state index in [0.717, 1.165) is 6.54 Å². The van der Waals surface area contributed by atoms with E-state index in [-0.39, 0.29) is 0 Å². The van der Waals surface area contributed by atoms with Crippen molar-refractivity contribution in [1.82, 2.24) is 5.32 Å². The van der Waals surface area contributed by atoms with Crippen LogP contribution in [-0.2, 0) is 6.42 Å². The van der Waals surface area contributed by atoms with Gasteiger partial charge in [0.05, 0.1) is 0 Å². The van der Waals surface area contributed by atoms with Gasteiger partial charge in [0.1, 0.15) is 0 Å². The molecule has 0 saturated carbocycles. The molecule has 0 aliphatic rings. The fourth-order valence-electron chi connectivity index (χ4n) is 1.67. The van der Waals surface area contributed by atoms with E-state index >= 15 is 0 Å². The van der Waals surface area contributed by atoms with Gasteiger partial charge in [0.15, 0.2) is 0 Å². The first kappa shape index (κ1) is 13.1. The average molecular weight is 243 g/mol. The second-order valence-electron chi connectivity index (χ2n) is 3.71. The molecule has 0 radical (unpaired) electrons. The van der Waals surface area contributed by atoms with Crippen LogP contribution in [0.5, 0.6) is 0 Å². The van der Waals surface area contributed by atoms with Gasteiger partial charge >= 0.3 is 0 Å². The third-order valence-corrected chi connectivity index (χ3v) is 3.90.